The van der Waals surface area contributed by atoms with Crippen molar-refractivity contribution in [3.63, 3.8) is 0 Å². The summed E-state index contributed by atoms with van der Waals surface area (Å²) in [6.45, 7) is 1.68. The second-order valence-electron chi connectivity index (χ2n) is 5.22. The number of rotatable bonds is 8. The number of aliphatic hydroxyl groups excluding tert-OH is 1. The number of anilines is 1. The molecule has 6 nitrogen and oxygen atoms in total. The zero-order chi connectivity index (χ0) is 14.6. The number of nitrogens with zero attached hydrogens (tertiary/aromatic N) is 2. The van der Waals surface area contributed by atoms with Gasteiger partial charge in [0.2, 0.25) is 0 Å². The first kappa shape index (κ1) is 15.3. The number of hydrogen-bond acceptors (Lipinski definition) is 5. The monoisotopic (exact) mass is 301 g/mol. The third kappa shape index (κ3) is 3.50. The van der Waals surface area contributed by atoms with Crippen LogP contribution in [0.25, 0.3) is 0 Å². The molecule has 0 unspecified atom stereocenters. The Morgan fingerprint density at radius 2 is 2.35 bits per heavy atom. The molecule has 0 spiro atoms. The second-order valence-corrected chi connectivity index (χ2v) is 5.60. The van der Waals surface area contributed by atoms with E-state index in [4.69, 9.17) is 21.4 Å². The van der Waals surface area contributed by atoms with Gasteiger partial charge in [-0.1, -0.05) is 11.6 Å². The lowest BCUT2D eigenvalue weighted by Gasteiger charge is -2.16. The molecule has 1 heterocycles. The van der Waals surface area contributed by atoms with Crippen molar-refractivity contribution in [2.45, 2.75) is 25.8 Å². The van der Waals surface area contributed by atoms with Gasteiger partial charge in [0.05, 0.1) is 25.0 Å². The predicted molar refractivity (Wildman–Crippen MR) is 77.2 cm³/mol. The van der Waals surface area contributed by atoms with E-state index >= 15 is 0 Å². The molecule has 1 aromatic rings. The second kappa shape index (κ2) is 6.56. The molecule has 1 aliphatic rings. The van der Waals surface area contributed by atoms with Crippen LogP contribution in [0.5, 0.6) is 0 Å². The summed E-state index contributed by atoms with van der Waals surface area (Å²) in [5, 5.41) is 16.4. The lowest BCUT2D eigenvalue weighted by atomic mass is 10.0. The summed E-state index contributed by atoms with van der Waals surface area (Å²) in [7, 11) is 1.57. The smallest absolute Gasteiger partial charge is 0.287 e. The van der Waals surface area contributed by atoms with E-state index in [9.17, 15) is 4.79 Å². The van der Waals surface area contributed by atoms with Crippen LogP contribution >= 0.6 is 11.6 Å². The van der Waals surface area contributed by atoms with E-state index in [-0.39, 0.29) is 22.6 Å². The average molecular weight is 302 g/mol. The van der Waals surface area contributed by atoms with Crippen LogP contribution in [0.2, 0.25) is 5.02 Å². The van der Waals surface area contributed by atoms with Gasteiger partial charge in [-0.25, -0.2) is 4.68 Å². The third-order valence-electron chi connectivity index (χ3n) is 3.75. The van der Waals surface area contributed by atoms with E-state index < -0.39 is 0 Å². The van der Waals surface area contributed by atoms with Crippen molar-refractivity contribution in [1.82, 2.24) is 9.78 Å². The molecule has 0 amide bonds. The Balaban J connectivity index is 2.02. The minimum Gasteiger partial charge on any atom is -0.396 e. The lowest BCUT2D eigenvalue weighted by Crippen LogP contribution is -2.27. The molecule has 1 aromatic heterocycles. The molecule has 0 aromatic carbocycles. The van der Waals surface area contributed by atoms with Crippen molar-refractivity contribution in [2.24, 2.45) is 5.41 Å². The number of halogens is 1. The van der Waals surface area contributed by atoms with Crippen LogP contribution in [0.15, 0.2) is 11.0 Å². The first-order valence-corrected chi connectivity index (χ1v) is 7.09. The number of methoxy groups -OCH3 is 1. The van der Waals surface area contributed by atoms with Gasteiger partial charge in [-0.2, -0.15) is 5.10 Å². The van der Waals surface area contributed by atoms with Gasteiger partial charge in [0.1, 0.15) is 5.02 Å². The van der Waals surface area contributed by atoms with Crippen molar-refractivity contribution in [1.29, 1.82) is 0 Å². The largest absolute Gasteiger partial charge is 0.396 e. The van der Waals surface area contributed by atoms with E-state index in [1.165, 1.54) is 4.68 Å². The summed E-state index contributed by atoms with van der Waals surface area (Å²) < 4.78 is 6.21. The lowest BCUT2D eigenvalue weighted by molar-refractivity contribution is 0.182. The Labute approximate surface area is 122 Å². The van der Waals surface area contributed by atoms with E-state index in [2.05, 4.69) is 10.4 Å². The van der Waals surface area contributed by atoms with Crippen molar-refractivity contribution >= 4 is 17.3 Å². The molecule has 0 radical (unpaired) electrons. The highest BCUT2D eigenvalue weighted by Gasteiger charge is 2.41. The molecule has 7 heteroatoms. The van der Waals surface area contributed by atoms with Crippen LogP contribution < -0.4 is 10.9 Å². The van der Waals surface area contributed by atoms with Crippen LogP contribution in [0, 0.1) is 5.41 Å². The topological polar surface area (TPSA) is 76.4 Å². The van der Waals surface area contributed by atoms with Gasteiger partial charge in [0.15, 0.2) is 0 Å². The van der Waals surface area contributed by atoms with Crippen molar-refractivity contribution in [3.8, 4) is 0 Å². The Morgan fingerprint density at radius 1 is 1.60 bits per heavy atom. The summed E-state index contributed by atoms with van der Waals surface area (Å²) in [6.07, 6.45) is 4.53. The standard InChI is InChI=1S/C13H20ClN3O3/c1-20-7-5-17-12(19)11(14)10(8-16-17)15-9-13(2-3-13)4-6-18/h8,15,18H,2-7,9H2,1H3. The Morgan fingerprint density at radius 3 is 2.95 bits per heavy atom. The van der Waals surface area contributed by atoms with Gasteiger partial charge in [0.25, 0.3) is 5.56 Å². The van der Waals surface area contributed by atoms with Crippen molar-refractivity contribution in [2.75, 3.05) is 32.2 Å². The molecule has 2 rings (SSSR count). The fraction of sp³-hybridized carbons (Fsp3) is 0.692. The zero-order valence-electron chi connectivity index (χ0n) is 11.6. The van der Waals surface area contributed by atoms with Crippen LogP contribution in [-0.2, 0) is 11.3 Å². The van der Waals surface area contributed by atoms with Crippen LogP contribution in [0.1, 0.15) is 19.3 Å². The molecule has 0 aliphatic heterocycles. The molecular formula is C13H20ClN3O3. The van der Waals surface area contributed by atoms with E-state index in [1.807, 2.05) is 0 Å². The van der Waals surface area contributed by atoms with E-state index in [0.717, 1.165) is 19.3 Å². The summed E-state index contributed by atoms with van der Waals surface area (Å²) in [5.41, 5.74) is 0.387. The molecule has 112 valence electrons. The SMILES string of the molecule is COCCn1ncc(NCC2(CCO)CC2)c(Cl)c1=O. The maximum atomic E-state index is 12.0. The Hall–Kier alpha value is -1.11. The van der Waals surface area contributed by atoms with Crippen LogP contribution in [-0.4, -0.2) is 41.8 Å². The van der Waals surface area contributed by atoms with E-state index in [1.54, 1.807) is 13.3 Å². The van der Waals surface area contributed by atoms with Gasteiger partial charge in [0, 0.05) is 20.3 Å². The Kier molecular flexibility index (Phi) is 5.01. The first-order chi connectivity index (χ1) is 9.62. The molecule has 2 N–H and O–H groups in total. The quantitative estimate of drug-likeness (QED) is 0.752. The van der Waals surface area contributed by atoms with Crippen molar-refractivity contribution in [3.05, 3.63) is 21.6 Å². The number of nitrogens with one attached hydrogen (secondary N) is 1. The maximum Gasteiger partial charge on any atom is 0.287 e. The molecule has 0 saturated heterocycles. The minimum absolute atomic E-state index is 0.149. The zero-order valence-corrected chi connectivity index (χ0v) is 12.3. The van der Waals surface area contributed by atoms with Gasteiger partial charge in [-0.15, -0.1) is 0 Å². The van der Waals surface area contributed by atoms with Gasteiger partial charge in [-0.05, 0) is 24.7 Å². The summed E-state index contributed by atoms with van der Waals surface area (Å²) in [5.74, 6) is 0. The molecule has 0 bridgehead atoms. The molecule has 1 aliphatic carbocycles. The maximum absolute atomic E-state index is 12.0. The minimum atomic E-state index is -0.319. The molecular weight excluding hydrogens is 282 g/mol. The van der Waals surface area contributed by atoms with Gasteiger partial charge >= 0.3 is 0 Å². The third-order valence-corrected chi connectivity index (χ3v) is 4.11. The number of aliphatic hydroxyl groups is 1. The van der Waals surface area contributed by atoms with Crippen molar-refractivity contribution < 1.29 is 9.84 Å². The highest BCUT2D eigenvalue weighted by molar-refractivity contribution is 6.32. The summed E-state index contributed by atoms with van der Waals surface area (Å²) >= 11 is 6.08. The molecule has 20 heavy (non-hydrogen) atoms. The first-order valence-electron chi connectivity index (χ1n) is 6.71. The molecule has 0 atom stereocenters. The normalized spacial score (nSPS) is 16.1. The summed E-state index contributed by atoms with van der Waals surface area (Å²) in [4.78, 5) is 12.0. The van der Waals surface area contributed by atoms with E-state index in [0.29, 0.717) is 25.4 Å². The van der Waals surface area contributed by atoms with Crippen LogP contribution in [0.3, 0.4) is 0 Å². The predicted octanol–water partition coefficient (Wildman–Crippen LogP) is 1.12. The highest BCUT2D eigenvalue weighted by atomic mass is 35.5. The van der Waals surface area contributed by atoms with Crippen LogP contribution in [0.4, 0.5) is 5.69 Å². The fourth-order valence-electron chi connectivity index (χ4n) is 2.14. The average Bonchev–Trinajstić information content (AvgIpc) is 3.20. The summed E-state index contributed by atoms with van der Waals surface area (Å²) in [6, 6.07) is 0. The molecule has 1 fully saturated rings. The molecule has 1 saturated carbocycles. The van der Waals surface area contributed by atoms with Gasteiger partial charge in [-0.3, -0.25) is 4.79 Å². The number of ether oxygens (including phenoxy) is 1. The number of hydrogen-bond donors (Lipinski definition) is 2. The fourth-order valence-corrected chi connectivity index (χ4v) is 2.35. The van der Waals surface area contributed by atoms with Gasteiger partial charge < -0.3 is 15.2 Å². The number of aromatic nitrogens is 2. The Bertz CT molecular complexity index is 514. The highest BCUT2D eigenvalue weighted by Crippen LogP contribution is 2.48.